The van der Waals surface area contributed by atoms with E-state index < -0.39 is 18.0 Å². The van der Waals surface area contributed by atoms with Crippen molar-refractivity contribution in [2.75, 3.05) is 12.3 Å². The molecule has 1 aliphatic rings. The highest BCUT2D eigenvalue weighted by molar-refractivity contribution is 7.99. The molecule has 0 aromatic heterocycles. The molecule has 0 saturated carbocycles. The Hall–Kier alpha value is -2.51. The fourth-order valence-corrected chi connectivity index (χ4v) is 3.78. The minimum absolute atomic E-state index is 0.0795. The highest BCUT2D eigenvalue weighted by atomic mass is 35.5. The number of benzene rings is 2. The summed E-state index contributed by atoms with van der Waals surface area (Å²) in [7, 11) is 0. The number of carbonyl (C=O) groups excluding carboxylic acids is 3. The fourth-order valence-electron chi connectivity index (χ4n) is 2.80. The lowest BCUT2D eigenvalue weighted by molar-refractivity contribution is -0.131. The molecule has 0 aliphatic carbocycles. The molecular weight excluding hydrogens is 398 g/mol. The maximum absolute atomic E-state index is 12.5. The fraction of sp³-hybridized carbons (Fsp3) is 0.250. The summed E-state index contributed by atoms with van der Waals surface area (Å²) in [6.45, 7) is 0.562. The van der Waals surface area contributed by atoms with Gasteiger partial charge in [0.15, 0.2) is 0 Å². The molecule has 8 heteroatoms. The van der Waals surface area contributed by atoms with E-state index in [0.717, 1.165) is 15.5 Å². The third-order valence-electron chi connectivity index (χ3n) is 4.22. The van der Waals surface area contributed by atoms with Crippen LogP contribution >= 0.6 is 23.4 Å². The van der Waals surface area contributed by atoms with Crippen LogP contribution in [-0.2, 0) is 16.1 Å². The van der Waals surface area contributed by atoms with Gasteiger partial charge in [0, 0.05) is 22.2 Å². The first-order chi connectivity index (χ1) is 13.5. The standard InChI is InChI=1S/C20H20ClN3O3S/c21-16-9-5-4-6-14(16)13-24-19(26)17(23-20(24)27)12-18(25)22-10-11-28-15-7-2-1-3-8-15/h1-9,17H,10-13H2,(H,22,25)(H,23,27)/t17-/m0/s1. The molecule has 1 saturated heterocycles. The summed E-state index contributed by atoms with van der Waals surface area (Å²) in [6.07, 6.45) is -0.0837. The van der Waals surface area contributed by atoms with E-state index in [0.29, 0.717) is 17.1 Å². The largest absolute Gasteiger partial charge is 0.355 e. The molecule has 1 atom stereocenters. The predicted octanol–water partition coefficient (Wildman–Crippen LogP) is 3.06. The van der Waals surface area contributed by atoms with Crippen molar-refractivity contribution in [1.29, 1.82) is 0 Å². The van der Waals surface area contributed by atoms with Gasteiger partial charge in [-0.3, -0.25) is 14.5 Å². The van der Waals surface area contributed by atoms with Crippen molar-refractivity contribution >= 4 is 41.2 Å². The number of rotatable bonds is 8. The first kappa shape index (κ1) is 20.2. The van der Waals surface area contributed by atoms with Crippen LogP contribution in [0.5, 0.6) is 0 Å². The van der Waals surface area contributed by atoms with Gasteiger partial charge in [0.05, 0.1) is 13.0 Å². The van der Waals surface area contributed by atoms with Gasteiger partial charge in [0.2, 0.25) is 5.91 Å². The Balaban J connectivity index is 1.45. The molecular formula is C20H20ClN3O3S. The van der Waals surface area contributed by atoms with Crippen LogP contribution in [0.25, 0.3) is 0 Å². The molecule has 0 unspecified atom stereocenters. The van der Waals surface area contributed by atoms with Crippen LogP contribution < -0.4 is 10.6 Å². The summed E-state index contributed by atoms with van der Waals surface area (Å²) in [6, 6.07) is 15.6. The summed E-state index contributed by atoms with van der Waals surface area (Å²) in [5.41, 5.74) is 0.677. The van der Waals surface area contributed by atoms with E-state index in [1.807, 2.05) is 30.3 Å². The van der Waals surface area contributed by atoms with Gasteiger partial charge in [-0.15, -0.1) is 11.8 Å². The van der Waals surface area contributed by atoms with Crippen LogP contribution in [0.3, 0.4) is 0 Å². The topological polar surface area (TPSA) is 78.5 Å². The maximum Gasteiger partial charge on any atom is 0.325 e. The van der Waals surface area contributed by atoms with Crippen LogP contribution in [0, 0.1) is 0 Å². The van der Waals surface area contributed by atoms with Crippen molar-refractivity contribution in [3.05, 3.63) is 65.2 Å². The van der Waals surface area contributed by atoms with Crippen molar-refractivity contribution in [3.63, 3.8) is 0 Å². The average Bonchev–Trinajstić information content (AvgIpc) is 2.95. The van der Waals surface area contributed by atoms with E-state index in [-0.39, 0.29) is 18.9 Å². The van der Waals surface area contributed by atoms with Gasteiger partial charge in [-0.2, -0.15) is 0 Å². The molecule has 3 rings (SSSR count). The first-order valence-electron chi connectivity index (χ1n) is 8.84. The van der Waals surface area contributed by atoms with Gasteiger partial charge < -0.3 is 10.6 Å². The van der Waals surface area contributed by atoms with Crippen molar-refractivity contribution in [1.82, 2.24) is 15.5 Å². The first-order valence-corrected chi connectivity index (χ1v) is 10.2. The molecule has 146 valence electrons. The number of amides is 4. The zero-order valence-corrected chi connectivity index (χ0v) is 16.6. The Morgan fingerprint density at radius 3 is 2.57 bits per heavy atom. The molecule has 28 heavy (non-hydrogen) atoms. The summed E-state index contributed by atoms with van der Waals surface area (Å²) >= 11 is 7.74. The van der Waals surface area contributed by atoms with E-state index in [2.05, 4.69) is 10.6 Å². The van der Waals surface area contributed by atoms with E-state index in [1.165, 1.54) is 0 Å². The molecule has 1 heterocycles. The summed E-state index contributed by atoms with van der Waals surface area (Å²) in [4.78, 5) is 39.0. The molecule has 1 aliphatic heterocycles. The van der Waals surface area contributed by atoms with Crippen LogP contribution in [0.4, 0.5) is 4.79 Å². The third kappa shape index (κ3) is 5.27. The van der Waals surface area contributed by atoms with Gasteiger partial charge in [0.25, 0.3) is 5.91 Å². The van der Waals surface area contributed by atoms with Gasteiger partial charge in [0.1, 0.15) is 6.04 Å². The molecule has 2 aromatic carbocycles. The molecule has 6 nitrogen and oxygen atoms in total. The van der Waals surface area contributed by atoms with Gasteiger partial charge in [-0.25, -0.2) is 4.79 Å². The summed E-state index contributed by atoms with van der Waals surface area (Å²) in [5, 5.41) is 5.84. The second kappa shape index (κ2) is 9.61. The number of nitrogens with zero attached hydrogens (tertiary/aromatic N) is 1. The minimum Gasteiger partial charge on any atom is -0.355 e. The highest BCUT2D eigenvalue weighted by Gasteiger charge is 2.39. The SMILES string of the molecule is O=C(C[C@@H]1NC(=O)N(Cc2ccccc2Cl)C1=O)NCCSc1ccccc1. The normalized spacial score (nSPS) is 16.2. The molecule has 4 amide bonds. The second-order valence-corrected chi connectivity index (χ2v) is 7.81. The third-order valence-corrected chi connectivity index (χ3v) is 5.60. The summed E-state index contributed by atoms with van der Waals surface area (Å²) < 4.78 is 0. The quantitative estimate of drug-likeness (QED) is 0.393. The monoisotopic (exact) mass is 417 g/mol. The Labute approximate surface area is 172 Å². The number of halogens is 1. The molecule has 2 aromatic rings. The molecule has 0 radical (unpaired) electrons. The van der Waals surface area contributed by atoms with Crippen LogP contribution in [0.2, 0.25) is 5.02 Å². The van der Waals surface area contributed by atoms with Crippen molar-refractivity contribution in [2.24, 2.45) is 0 Å². The van der Waals surface area contributed by atoms with E-state index in [1.54, 1.807) is 36.0 Å². The van der Waals surface area contributed by atoms with Gasteiger partial charge in [-0.1, -0.05) is 48.0 Å². The second-order valence-electron chi connectivity index (χ2n) is 6.23. The van der Waals surface area contributed by atoms with Crippen molar-refractivity contribution in [3.8, 4) is 0 Å². The number of carbonyl (C=O) groups is 3. The number of thioether (sulfide) groups is 1. The van der Waals surface area contributed by atoms with E-state index >= 15 is 0 Å². The molecule has 1 fully saturated rings. The lowest BCUT2D eigenvalue weighted by atomic mass is 10.1. The predicted molar refractivity (Wildman–Crippen MR) is 109 cm³/mol. The smallest absolute Gasteiger partial charge is 0.325 e. The molecule has 0 bridgehead atoms. The number of hydrogen-bond acceptors (Lipinski definition) is 4. The summed E-state index contributed by atoms with van der Waals surface area (Å²) in [5.74, 6) is 0.0324. The maximum atomic E-state index is 12.5. The zero-order chi connectivity index (χ0) is 19.9. The Morgan fingerprint density at radius 2 is 1.82 bits per heavy atom. The zero-order valence-electron chi connectivity index (χ0n) is 15.1. The lowest BCUT2D eigenvalue weighted by Gasteiger charge is -2.14. The number of nitrogens with one attached hydrogen (secondary N) is 2. The van der Waals surface area contributed by atoms with Crippen molar-refractivity contribution < 1.29 is 14.4 Å². The van der Waals surface area contributed by atoms with E-state index in [4.69, 9.17) is 11.6 Å². The number of urea groups is 1. The van der Waals surface area contributed by atoms with Crippen LogP contribution in [-0.4, -0.2) is 41.1 Å². The minimum atomic E-state index is -0.850. The Bertz CT molecular complexity index is 863. The van der Waals surface area contributed by atoms with E-state index in [9.17, 15) is 14.4 Å². The average molecular weight is 418 g/mol. The molecule has 2 N–H and O–H groups in total. The van der Waals surface area contributed by atoms with Gasteiger partial charge >= 0.3 is 6.03 Å². The lowest BCUT2D eigenvalue weighted by Crippen LogP contribution is -2.37. The Kier molecular flexibility index (Phi) is 6.95. The number of hydrogen-bond donors (Lipinski definition) is 2. The molecule has 0 spiro atoms. The van der Waals surface area contributed by atoms with Crippen LogP contribution in [0.1, 0.15) is 12.0 Å². The van der Waals surface area contributed by atoms with Crippen LogP contribution in [0.15, 0.2) is 59.5 Å². The highest BCUT2D eigenvalue weighted by Crippen LogP contribution is 2.20. The van der Waals surface area contributed by atoms with Gasteiger partial charge in [-0.05, 0) is 23.8 Å². The van der Waals surface area contributed by atoms with Crippen molar-refractivity contribution in [2.45, 2.75) is 23.9 Å². The Morgan fingerprint density at radius 1 is 1.11 bits per heavy atom. The number of imide groups is 1.